The van der Waals surface area contributed by atoms with E-state index in [1.54, 1.807) is 24.3 Å². The van der Waals surface area contributed by atoms with Gasteiger partial charge in [0.25, 0.3) is 0 Å². The van der Waals surface area contributed by atoms with E-state index >= 15 is 0 Å². The van der Waals surface area contributed by atoms with Gasteiger partial charge in [0.15, 0.2) is 10.9 Å². The minimum atomic E-state index is 0.0362. The summed E-state index contributed by atoms with van der Waals surface area (Å²) >= 11 is 3.00. The molecule has 2 rings (SSSR count). The molecule has 26 heavy (non-hydrogen) atoms. The van der Waals surface area contributed by atoms with Crippen LogP contribution in [0.5, 0.6) is 0 Å². The summed E-state index contributed by atoms with van der Waals surface area (Å²) in [6.45, 7) is 2.18. The fourth-order valence-electron chi connectivity index (χ4n) is 2.01. The number of thioether (sulfide) groups is 2. The van der Waals surface area contributed by atoms with Crippen molar-refractivity contribution in [2.45, 2.75) is 9.79 Å². The van der Waals surface area contributed by atoms with Gasteiger partial charge in [-0.25, -0.2) is 0 Å². The SMILES string of the molecule is O=c1cccccc1SCCOCCOCCSc1cccccc1=O. The van der Waals surface area contributed by atoms with Crippen LogP contribution in [-0.2, 0) is 9.47 Å². The first-order chi connectivity index (χ1) is 12.8. The molecule has 0 aliphatic carbocycles. The summed E-state index contributed by atoms with van der Waals surface area (Å²) in [4.78, 5) is 24.9. The molecule has 0 bridgehead atoms. The van der Waals surface area contributed by atoms with E-state index in [0.717, 1.165) is 21.3 Å². The highest BCUT2D eigenvalue weighted by Crippen LogP contribution is 2.12. The third-order valence-electron chi connectivity index (χ3n) is 3.26. The van der Waals surface area contributed by atoms with Gasteiger partial charge in [-0.15, -0.1) is 23.5 Å². The summed E-state index contributed by atoms with van der Waals surface area (Å²) in [7, 11) is 0. The van der Waals surface area contributed by atoms with Crippen LogP contribution < -0.4 is 10.9 Å². The lowest BCUT2D eigenvalue weighted by atomic mass is 10.5. The summed E-state index contributed by atoms with van der Waals surface area (Å²) in [5, 5.41) is 0. The Morgan fingerprint density at radius 2 is 1.00 bits per heavy atom. The van der Waals surface area contributed by atoms with E-state index in [1.165, 1.54) is 23.5 Å². The molecule has 0 fully saturated rings. The Labute approximate surface area is 161 Å². The van der Waals surface area contributed by atoms with Crippen LogP contribution in [0.3, 0.4) is 0 Å². The normalized spacial score (nSPS) is 10.6. The molecule has 0 aliphatic rings. The first-order valence-electron chi connectivity index (χ1n) is 8.37. The molecular formula is C20H22O4S2. The van der Waals surface area contributed by atoms with E-state index in [-0.39, 0.29) is 10.9 Å². The molecule has 0 aliphatic heterocycles. The summed E-state index contributed by atoms with van der Waals surface area (Å²) in [6.07, 6.45) is 0. The van der Waals surface area contributed by atoms with Gasteiger partial charge in [0.2, 0.25) is 0 Å². The minimum Gasteiger partial charge on any atom is -0.378 e. The van der Waals surface area contributed by atoms with E-state index in [4.69, 9.17) is 9.47 Å². The highest BCUT2D eigenvalue weighted by molar-refractivity contribution is 7.99. The highest BCUT2D eigenvalue weighted by atomic mass is 32.2. The fourth-order valence-corrected chi connectivity index (χ4v) is 3.62. The second-order valence-corrected chi connectivity index (χ2v) is 7.47. The smallest absolute Gasteiger partial charge is 0.192 e. The van der Waals surface area contributed by atoms with Crippen LogP contribution in [0.4, 0.5) is 0 Å². The van der Waals surface area contributed by atoms with Gasteiger partial charge < -0.3 is 9.47 Å². The molecule has 0 saturated heterocycles. The maximum absolute atomic E-state index is 11.7. The lowest BCUT2D eigenvalue weighted by molar-refractivity contribution is 0.0605. The third-order valence-corrected chi connectivity index (χ3v) is 5.30. The third kappa shape index (κ3) is 8.19. The molecule has 0 radical (unpaired) electrons. The molecule has 0 saturated carbocycles. The zero-order valence-corrected chi connectivity index (χ0v) is 16.1. The molecule has 0 aromatic heterocycles. The molecule has 2 aromatic rings. The van der Waals surface area contributed by atoms with Gasteiger partial charge in [-0.05, 0) is 24.3 Å². The Morgan fingerprint density at radius 3 is 1.46 bits per heavy atom. The summed E-state index contributed by atoms with van der Waals surface area (Å²) in [5.41, 5.74) is 0.0724. The zero-order chi connectivity index (χ0) is 18.5. The molecule has 138 valence electrons. The largest absolute Gasteiger partial charge is 0.378 e. The second-order valence-electron chi connectivity index (χ2n) is 5.20. The number of hydrogen-bond donors (Lipinski definition) is 0. The average molecular weight is 391 g/mol. The van der Waals surface area contributed by atoms with Crippen LogP contribution in [0.25, 0.3) is 0 Å². The standard InChI is InChI=1S/C20H22O4S2/c21-17-7-3-1-5-9-19(17)25-15-13-23-11-12-24-14-16-26-20-10-6-2-4-8-18(20)22/h1-10H,11-16H2. The Balaban J connectivity index is 1.50. The van der Waals surface area contributed by atoms with Crippen LogP contribution in [0.15, 0.2) is 80.0 Å². The lowest BCUT2D eigenvalue weighted by Gasteiger charge is -2.05. The van der Waals surface area contributed by atoms with Crippen molar-refractivity contribution in [1.82, 2.24) is 0 Å². The molecule has 4 nitrogen and oxygen atoms in total. The average Bonchev–Trinajstić information content (AvgIpc) is 2.97. The van der Waals surface area contributed by atoms with E-state index in [1.807, 2.05) is 36.4 Å². The molecule has 0 heterocycles. The van der Waals surface area contributed by atoms with Gasteiger partial charge in [0.1, 0.15) is 0 Å². The Bertz CT molecular complexity index is 716. The van der Waals surface area contributed by atoms with Crippen LogP contribution in [0, 0.1) is 0 Å². The van der Waals surface area contributed by atoms with Crippen LogP contribution >= 0.6 is 23.5 Å². The zero-order valence-electron chi connectivity index (χ0n) is 14.5. The van der Waals surface area contributed by atoms with Crippen molar-refractivity contribution in [1.29, 1.82) is 0 Å². The van der Waals surface area contributed by atoms with E-state index in [9.17, 15) is 9.59 Å². The van der Waals surface area contributed by atoms with E-state index < -0.39 is 0 Å². The molecule has 6 heteroatoms. The number of hydrogen-bond acceptors (Lipinski definition) is 6. The van der Waals surface area contributed by atoms with Gasteiger partial charge in [-0.1, -0.05) is 36.4 Å². The van der Waals surface area contributed by atoms with Crippen molar-refractivity contribution in [3.63, 3.8) is 0 Å². The maximum Gasteiger partial charge on any atom is 0.192 e. The monoisotopic (exact) mass is 390 g/mol. The van der Waals surface area contributed by atoms with Crippen molar-refractivity contribution in [2.75, 3.05) is 37.9 Å². The van der Waals surface area contributed by atoms with Gasteiger partial charge in [-0.2, -0.15) is 0 Å². The molecule has 0 atom stereocenters. The van der Waals surface area contributed by atoms with Crippen LogP contribution in [-0.4, -0.2) is 37.9 Å². The molecule has 0 amide bonds. The van der Waals surface area contributed by atoms with Gasteiger partial charge in [-0.3, -0.25) is 9.59 Å². The first-order valence-corrected chi connectivity index (χ1v) is 10.3. The van der Waals surface area contributed by atoms with Gasteiger partial charge in [0.05, 0.1) is 36.2 Å². The first kappa shape index (κ1) is 20.7. The van der Waals surface area contributed by atoms with Crippen molar-refractivity contribution >= 4 is 23.5 Å². The van der Waals surface area contributed by atoms with Gasteiger partial charge >= 0.3 is 0 Å². The topological polar surface area (TPSA) is 52.6 Å². The Hall–Kier alpha value is -1.60. The molecule has 0 unspecified atom stereocenters. The van der Waals surface area contributed by atoms with E-state index in [0.29, 0.717) is 26.4 Å². The molecule has 0 N–H and O–H groups in total. The van der Waals surface area contributed by atoms with Crippen LogP contribution in [0.2, 0.25) is 0 Å². The Kier molecular flexibility index (Phi) is 10.1. The van der Waals surface area contributed by atoms with Crippen molar-refractivity contribution in [2.24, 2.45) is 0 Å². The molecular weight excluding hydrogens is 368 g/mol. The van der Waals surface area contributed by atoms with E-state index in [2.05, 4.69) is 0 Å². The van der Waals surface area contributed by atoms with Crippen LogP contribution in [0.1, 0.15) is 0 Å². The number of ether oxygens (including phenoxy) is 2. The predicted molar refractivity (Wildman–Crippen MR) is 109 cm³/mol. The number of rotatable bonds is 11. The predicted octanol–water partition coefficient (Wildman–Crippen LogP) is 3.32. The van der Waals surface area contributed by atoms with Gasteiger partial charge in [0, 0.05) is 11.5 Å². The quantitative estimate of drug-likeness (QED) is 0.433. The lowest BCUT2D eigenvalue weighted by Crippen LogP contribution is -2.09. The van der Waals surface area contributed by atoms with Crippen molar-refractivity contribution in [3.05, 3.63) is 81.1 Å². The Morgan fingerprint density at radius 1 is 0.577 bits per heavy atom. The second kappa shape index (κ2) is 12.7. The molecule has 0 spiro atoms. The molecule has 2 aromatic carbocycles. The maximum atomic E-state index is 11.7. The van der Waals surface area contributed by atoms with Crippen molar-refractivity contribution < 1.29 is 9.47 Å². The highest BCUT2D eigenvalue weighted by Gasteiger charge is 1.99. The fraction of sp³-hybridized carbons (Fsp3) is 0.300. The minimum absolute atomic E-state index is 0.0362. The summed E-state index contributed by atoms with van der Waals surface area (Å²) in [5.74, 6) is 1.46. The summed E-state index contributed by atoms with van der Waals surface area (Å²) < 4.78 is 11.0. The van der Waals surface area contributed by atoms with Crippen molar-refractivity contribution in [3.8, 4) is 0 Å². The summed E-state index contributed by atoms with van der Waals surface area (Å²) in [6, 6.07) is 17.7.